The van der Waals surface area contributed by atoms with E-state index in [1.165, 1.54) is 0 Å². The van der Waals surface area contributed by atoms with Crippen LogP contribution in [0.1, 0.15) is 13.3 Å². The van der Waals surface area contributed by atoms with Crippen molar-refractivity contribution in [1.29, 1.82) is 0 Å². The summed E-state index contributed by atoms with van der Waals surface area (Å²) in [5.74, 6) is 0.565. The molecule has 0 saturated carbocycles. The van der Waals surface area contributed by atoms with Gasteiger partial charge in [-0.25, -0.2) is 9.97 Å². The van der Waals surface area contributed by atoms with E-state index in [0.717, 1.165) is 28.9 Å². The van der Waals surface area contributed by atoms with Crippen LogP contribution in [0, 0.1) is 0 Å². The van der Waals surface area contributed by atoms with Crippen molar-refractivity contribution in [3.63, 3.8) is 0 Å². The first-order valence-electron chi connectivity index (χ1n) is 6.83. The molecular formula is C18H19N3. The SMILES string of the molecule is C=CC/C(C)=C(\C=C)Nc1nccc(-c2ccccc2)n1. The van der Waals surface area contributed by atoms with Gasteiger partial charge in [-0.2, -0.15) is 0 Å². The minimum atomic E-state index is 0.565. The van der Waals surface area contributed by atoms with Crippen molar-refractivity contribution >= 4 is 5.95 Å². The van der Waals surface area contributed by atoms with E-state index in [1.54, 1.807) is 12.3 Å². The van der Waals surface area contributed by atoms with Gasteiger partial charge >= 0.3 is 0 Å². The number of allylic oxidation sites excluding steroid dienone is 3. The average Bonchev–Trinajstić information content (AvgIpc) is 2.54. The number of hydrogen-bond acceptors (Lipinski definition) is 3. The molecule has 0 unspecified atom stereocenters. The Balaban J connectivity index is 2.28. The van der Waals surface area contributed by atoms with Gasteiger partial charge in [0.25, 0.3) is 0 Å². The Kier molecular flexibility index (Phi) is 5.04. The molecule has 2 rings (SSSR count). The molecule has 1 N–H and O–H groups in total. The van der Waals surface area contributed by atoms with Crippen molar-refractivity contribution in [3.8, 4) is 11.3 Å². The summed E-state index contributed by atoms with van der Waals surface area (Å²) >= 11 is 0. The molecule has 3 nitrogen and oxygen atoms in total. The van der Waals surface area contributed by atoms with Gasteiger partial charge in [-0.15, -0.1) is 6.58 Å². The molecule has 3 heteroatoms. The van der Waals surface area contributed by atoms with Gasteiger partial charge in [-0.05, 0) is 31.1 Å². The Hall–Kier alpha value is -2.68. The molecule has 0 spiro atoms. The van der Waals surface area contributed by atoms with Crippen LogP contribution < -0.4 is 5.32 Å². The fourth-order valence-electron chi connectivity index (χ4n) is 1.97. The predicted molar refractivity (Wildman–Crippen MR) is 88.8 cm³/mol. The highest BCUT2D eigenvalue weighted by molar-refractivity contribution is 5.60. The topological polar surface area (TPSA) is 37.8 Å². The fraction of sp³-hybridized carbons (Fsp3) is 0.111. The van der Waals surface area contributed by atoms with Gasteiger partial charge in [0.2, 0.25) is 5.95 Å². The van der Waals surface area contributed by atoms with Crippen LogP contribution in [-0.2, 0) is 0 Å². The highest BCUT2D eigenvalue weighted by atomic mass is 15.1. The third-order valence-corrected chi connectivity index (χ3v) is 3.09. The molecule has 0 saturated heterocycles. The average molecular weight is 277 g/mol. The van der Waals surface area contributed by atoms with Gasteiger partial charge in [-0.3, -0.25) is 0 Å². The summed E-state index contributed by atoms with van der Waals surface area (Å²) in [5.41, 5.74) is 4.02. The third-order valence-electron chi connectivity index (χ3n) is 3.09. The van der Waals surface area contributed by atoms with Crippen molar-refractivity contribution in [2.75, 3.05) is 5.32 Å². The van der Waals surface area contributed by atoms with Crippen LogP contribution in [0.2, 0.25) is 0 Å². The Bertz CT molecular complexity index is 657. The van der Waals surface area contributed by atoms with Crippen LogP contribution >= 0.6 is 0 Å². The zero-order valence-electron chi connectivity index (χ0n) is 12.2. The highest BCUT2D eigenvalue weighted by Crippen LogP contribution is 2.18. The number of benzene rings is 1. The minimum absolute atomic E-state index is 0.565. The Morgan fingerprint density at radius 1 is 1.19 bits per heavy atom. The van der Waals surface area contributed by atoms with E-state index in [1.807, 2.05) is 49.4 Å². The zero-order chi connectivity index (χ0) is 15.1. The molecular weight excluding hydrogens is 258 g/mol. The lowest BCUT2D eigenvalue weighted by molar-refractivity contribution is 1.12. The second-order valence-electron chi connectivity index (χ2n) is 4.65. The largest absolute Gasteiger partial charge is 0.324 e. The second kappa shape index (κ2) is 7.20. The van der Waals surface area contributed by atoms with E-state index < -0.39 is 0 Å². The van der Waals surface area contributed by atoms with Crippen molar-refractivity contribution in [2.24, 2.45) is 0 Å². The van der Waals surface area contributed by atoms with Crippen LogP contribution in [-0.4, -0.2) is 9.97 Å². The summed E-state index contributed by atoms with van der Waals surface area (Å²) in [6, 6.07) is 11.9. The number of nitrogens with one attached hydrogen (secondary N) is 1. The van der Waals surface area contributed by atoms with Crippen LogP contribution in [0.25, 0.3) is 11.3 Å². The summed E-state index contributed by atoms with van der Waals surface area (Å²) in [6.45, 7) is 9.62. The molecule has 2 aromatic rings. The molecule has 1 aromatic heterocycles. The molecule has 0 bridgehead atoms. The number of aromatic nitrogens is 2. The monoisotopic (exact) mass is 277 g/mol. The van der Waals surface area contributed by atoms with E-state index in [9.17, 15) is 0 Å². The maximum absolute atomic E-state index is 4.54. The lowest BCUT2D eigenvalue weighted by Crippen LogP contribution is -2.04. The van der Waals surface area contributed by atoms with Gasteiger partial charge in [0, 0.05) is 17.5 Å². The van der Waals surface area contributed by atoms with E-state index in [2.05, 4.69) is 28.4 Å². The van der Waals surface area contributed by atoms with Crippen molar-refractivity contribution in [3.05, 3.63) is 79.2 Å². The smallest absolute Gasteiger partial charge is 0.227 e. The molecule has 0 atom stereocenters. The molecule has 0 amide bonds. The van der Waals surface area contributed by atoms with Crippen LogP contribution in [0.4, 0.5) is 5.95 Å². The first kappa shape index (κ1) is 14.7. The Labute approximate surface area is 125 Å². The predicted octanol–water partition coefficient (Wildman–Crippen LogP) is 4.59. The minimum Gasteiger partial charge on any atom is -0.324 e. The number of rotatable bonds is 6. The second-order valence-corrected chi connectivity index (χ2v) is 4.65. The van der Waals surface area contributed by atoms with Crippen molar-refractivity contribution in [1.82, 2.24) is 9.97 Å². The van der Waals surface area contributed by atoms with E-state index >= 15 is 0 Å². The first-order valence-corrected chi connectivity index (χ1v) is 6.83. The number of hydrogen-bond donors (Lipinski definition) is 1. The van der Waals surface area contributed by atoms with E-state index in [0.29, 0.717) is 5.95 Å². The van der Waals surface area contributed by atoms with E-state index in [4.69, 9.17) is 0 Å². The molecule has 0 aliphatic carbocycles. The molecule has 0 aliphatic rings. The van der Waals surface area contributed by atoms with Gasteiger partial charge in [0.05, 0.1) is 5.69 Å². The maximum Gasteiger partial charge on any atom is 0.227 e. The quantitative estimate of drug-likeness (QED) is 0.620. The molecule has 0 fully saturated rings. The van der Waals surface area contributed by atoms with Gasteiger partial charge in [0.1, 0.15) is 0 Å². The van der Waals surface area contributed by atoms with Crippen LogP contribution in [0.3, 0.4) is 0 Å². The molecule has 106 valence electrons. The summed E-state index contributed by atoms with van der Waals surface area (Å²) in [6.07, 6.45) is 6.19. The summed E-state index contributed by atoms with van der Waals surface area (Å²) in [4.78, 5) is 8.81. The molecule has 0 aliphatic heterocycles. The molecule has 1 aromatic carbocycles. The normalized spacial score (nSPS) is 11.5. The number of anilines is 1. The molecule has 1 heterocycles. The van der Waals surface area contributed by atoms with Gasteiger partial charge < -0.3 is 5.32 Å². The van der Waals surface area contributed by atoms with Crippen molar-refractivity contribution in [2.45, 2.75) is 13.3 Å². The molecule has 21 heavy (non-hydrogen) atoms. The van der Waals surface area contributed by atoms with Crippen LogP contribution in [0.15, 0.2) is 79.2 Å². The summed E-state index contributed by atoms with van der Waals surface area (Å²) in [7, 11) is 0. The zero-order valence-corrected chi connectivity index (χ0v) is 12.2. The van der Waals surface area contributed by atoms with Gasteiger partial charge in [-0.1, -0.05) is 43.0 Å². The van der Waals surface area contributed by atoms with Crippen LogP contribution in [0.5, 0.6) is 0 Å². The maximum atomic E-state index is 4.54. The lowest BCUT2D eigenvalue weighted by Gasteiger charge is -2.10. The fourth-order valence-corrected chi connectivity index (χ4v) is 1.97. The lowest BCUT2D eigenvalue weighted by atomic mass is 10.1. The first-order chi connectivity index (χ1) is 10.2. The Morgan fingerprint density at radius 3 is 2.62 bits per heavy atom. The standard InChI is InChI=1S/C18H19N3/c1-4-9-14(3)16(5-2)20-18-19-13-12-17(21-18)15-10-7-6-8-11-15/h4-8,10-13H,1-2,9H2,3H3,(H,19,20,21)/b16-14+. The third kappa shape index (κ3) is 3.89. The number of nitrogens with zero attached hydrogens (tertiary/aromatic N) is 2. The van der Waals surface area contributed by atoms with E-state index in [-0.39, 0.29) is 0 Å². The summed E-state index contributed by atoms with van der Waals surface area (Å²) < 4.78 is 0. The van der Waals surface area contributed by atoms with Gasteiger partial charge in [0.15, 0.2) is 0 Å². The Morgan fingerprint density at radius 2 is 1.95 bits per heavy atom. The molecule has 0 radical (unpaired) electrons. The van der Waals surface area contributed by atoms with Crippen molar-refractivity contribution < 1.29 is 0 Å². The highest BCUT2D eigenvalue weighted by Gasteiger charge is 2.04. The summed E-state index contributed by atoms with van der Waals surface area (Å²) in [5, 5.41) is 3.21.